The van der Waals surface area contributed by atoms with Gasteiger partial charge in [-0.05, 0) is 12.8 Å². The van der Waals surface area contributed by atoms with Crippen LogP contribution in [0.5, 0.6) is 11.5 Å². The number of benzene rings is 1. The number of unbranched alkanes of at least 4 members (excludes halogenated alkanes) is 18. The summed E-state index contributed by atoms with van der Waals surface area (Å²) >= 11 is 0. The van der Waals surface area contributed by atoms with Gasteiger partial charge in [0.05, 0.1) is 13.2 Å². The van der Waals surface area contributed by atoms with Crippen LogP contribution in [0, 0.1) is 0 Å². The van der Waals surface area contributed by atoms with E-state index in [-0.39, 0.29) is 0 Å². The molecular formula is C34H58O2. The summed E-state index contributed by atoms with van der Waals surface area (Å²) in [7, 11) is 0. The third-order valence-electron chi connectivity index (χ3n) is 7.10. The fourth-order valence-electron chi connectivity index (χ4n) is 4.74. The zero-order chi connectivity index (χ0) is 26.1. The zero-order valence-corrected chi connectivity index (χ0v) is 24.1. The van der Waals surface area contributed by atoms with Crippen LogP contribution < -0.4 is 9.47 Å². The second-order valence-corrected chi connectivity index (χ2v) is 10.4. The van der Waals surface area contributed by atoms with Crippen LogP contribution >= 0.6 is 0 Å². The van der Waals surface area contributed by atoms with Gasteiger partial charge in [-0.3, -0.25) is 0 Å². The van der Waals surface area contributed by atoms with Crippen molar-refractivity contribution in [3.8, 4) is 11.5 Å². The van der Waals surface area contributed by atoms with Crippen molar-refractivity contribution in [3.05, 3.63) is 36.4 Å². The first kappa shape index (κ1) is 32.3. The fraction of sp³-hybridized carbons (Fsp3) is 0.706. The number of hydrogen-bond donors (Lipinski definition) is 0. The van der Waals surface area contributed by atoms with Crippen molar-refractivity contribution in [2.24, 2.45) is 0 Å². The lowest BCUT2D eigenvalue weighted by Crippen LogP contribution is -2.05. The smallest absolute Gasteiger partial charge is 0.168 e. The molecule has 0 saturated heterocycles. The Balaban J connectivity index is 2.33. The van der Waals surface area contributed by atoms with Crippen LogP contribution in [-0.2, 0) is 0 Å². The Bertz CT molecular complexity index is 606. The van der Waals surface area contributed by atoms with E-state index in [1.807, 2.05) is 12.2 Å². The first-order valence-electron chi connectivity index (χ1n) is 15.5. The first-order chi connectivity index (χ1) is 17.8. The first-order valence-corrected chi connectivity index (χ1v) is 15.5. The van der Waals surface area contributed by atoms with Gasteiger partial charge in [0.1, 0.15) is 0 Å². The van der Waals surface area contributed by atoms with E-state index in [2.05, 4.69) is 39.1 Å². The predicted molar refractivity (Wildman–Crippen MR) is 161 cm³/mol. The molecule has 0 unspecified atom stereocenters. The van der Waals surface area contributed by atoms with Gasteiger partial charge in [0.2, 0.25) is 0 Å². The van der Waals surface area contributed by atoms with E-state index in [1.165, 1.54) is 116 Å². The van der Waals surface area contributed by atoms with E-state index in [1.54, 1.807) is 0 Å². The molecule has 0 heterocycles. The molecule has 206 valence electrons. The van der Waals surface area contributed by atoms with Crippen LogP contribution in [0.3, 0.4) is 0 Å². The Kier molecular flexibility index (Phi) is 21.3. The largest absolute Gasteiger partial charge is 0.489 e. The average molecular weight is 499 g/mol. The Hall–Kier alpha value is -1.70. The molecule has 0 fully saturated rings. The maximum Gasteiger partial charge on any atom is 0.168 e. The summed E-state index contributed by atoms with van der Waals surface area (Å²) in [5.41, 5.74) is 2.01. The van der Waals surface area contributed by atoms with Gasteiger partial charge in [-0.25, -0.2) is 0 Å². The molecule has 0 atom stereocenters. The van der Waals surface area contributed by atoms with Crippen LogP contribution in [-0.4, -0.2) is 13.2 Å². The van der Waals surface area contributed by atoms with Gasteiger partial charge in [-0.1, -0.05) is 167 Å². The minimum atomic E-state index is 0.729. The number of rotatable bonds is 26. The van der Waals surface area contributed by atoms with E-state index in [0.29, 0.717) is 0 Å². The molecule has 1 aromatic carbocycles. The van der Waals surface area contributed by atoms with Crippen LogP contribution in [0.1, 0.15) is 153 Å². The number of hydrogen-bond acceptors (Lipinski definition) is 2. The highest BCUT2D eigenvalue weighted by atomic mass is 16.5. The molecule has 0 radical (unpaired) electrons. The van der Waals surface area contributed by atoms with Crippen molar-refractivity contribution in [2.75, 3.05) is 13.2 Å². The lowest BCUT2D eigenvalue weighted by atomic mass is 10.1. The van der Waals surface area contributed by atoms with Gasteiger partial charge >= 0.3 is 0 Å². The van der Waals surface area contributed by atoms with Crippen molar-refractivity contribution < 1.29 is 9.47 Å². The van der Waals surface area contributed by atoms with Crippen LogP contribution in [0.4, 0.5) is 0 Å². The monoisotopic (exact) mass is 498 g/mol. The Morgan fingerprint density at radius 1 is 0.472 bits per heavy atom. The molecule has 36 heavy (non-hydrogen) atoms. The van der Waals surface area contributed by atoms with E-state index in [9.17, 15) is 0 Å². The summed E-state index contributed by atoms with van der Waals surface area (Å²) in [4.78, 5) is 0. The van der Waals surface area contributed by atoms with Gasteiger partial charge in [-0.2, -0.15) is 0 Å². The molecule has 0 amide bonds. The molecule has 0 spiro atoms. The Morgan fingerprint density at radius 2 is 0.750 bits per heavy atom. The Labute approximate surface area is 224 Å². The molecule has 1 aromatic rings. The van der Waals surface area contributed by atoms with Crippen molar-refractivity contribution in [3.63, 3.8) is 0 Å². The maximum absolute atomic E-state index is 6.28. The standard InChI is InChI=1S/C34H58O2/c1-5-9-11-13-15-17-19-21-23-25-29-35-33-31(7-3)27-28-32(8-4)34(33)36-30-26-24-22-20-18-16-14-12-10-6-2/h7-8,27-28H,3-6,9-26,29-30H2,1-2H3. The lowest BCUT2D eigenvalue weighted by molar-refractivity contribution is 0.257. The normalized spacial score (nSPS) is 10.9. The van der Waals surface area contributed by atoms with E-state index >= 15 is 0 Å². The third kappa shape index (κ3) is 15.4. The third-order valence-corrected chi connectivity index (χ3v) is 7.10. The highest BCUT2D eigenvalue weighted by molar-refractivity contribution is 5.69. The van der Waals surface area contributed by atoms with E-state index < -0.39 is 0 Å². The lowest BCUT2D eigenvalue weighted by Gasteiger charge is -2.17. The van der Waals surface area contributed by atoms with Crippen LogP contribution in [0.25, 0.3) is 12.2 Å². The summed E-state index contributed by atoms with van der Waals surface area (Å²) < 4.78 is 12.6. The average Bonchev–Trinajstić information content (AvgIpc) is 2.90. The predicted octanol–water partition coefficient (Wildman–Crippen LogP) is 11.6. The second kappa shape index (κ2) is 23.7. The van der Waals surface area contributed by atoms with Crippen LogP contribution in [0.15, 0.2) is 25.3 Å². The molecule has 0 aliphatic heterocycles. The topological polar surface area (TPSA) is 18.5 Å². The summed E-state index contributed by atoms with van der Waals surface area (Å²) in [5.74, 6) is 1.68. The minimum absolute atomic E-state index is 0.729. The van der Waals surface area contributed by atoms with Gasteiger partial charge < -0.3 is 9.47 Å². The Morgan fingerprint density at radius 3 is 1.03 bits per heavy atom. The van der Waals surface area contributed by atoms with Crippen LogP contribution in [0.2, 0.25) is 0 Å². The minimum Gasteiger partial charge on any atom is -0.489 e. The van der Waals surface area contributed by atoms with Crippen molar-refractivity contribution >= 4 is 12.2 Å². The molecule has 2 nitrogen and oxygen atoms in total. The van der Waals surface area contributed by atoms with Crippen molar-refractivity contribution in [1.82, 2.24) is 0 Å². The molecule has 2 heteroatoms. The molecule has 0 bridgehead atoms. The zero-order valence-electron chi connectivity index (χ0n) is 24.1. The van der Waals surface area contributed by atoms with Crippen molar-refractivity contribution in [2.45, 2.75) is 142 Å². The molecular weight excluding hydrogens is 440 g/mol. The van der Waals surface area contributed by atoms with Gasteiger partial charge in [0, 0.05) is 11.1 Å². The van der Waals surface area contributed by atoms with Gasteiger partial charge in [0.25, 0.3) is 0 Å². The molecule has 0 saturated carbocycles. The summed E-state index contributed by atoms with van der Waals surface area (Å²) in [6.07, 6.45) is 30.3. The van der Waals surface area contributed by atoms with Crippen molar-refractivity contribution in [1.29, 1.82) is 0 Å². The highest BCUT2D eigenvalue weighted by Crippen LogP contribution is 2.37. The summed E-state index contributed by atoms with van der Waals surface area (Å²) in [6, 6.07) is 4.12. The van der Waals surface area contributed by atoms with Gasteiger partial charge in [0.15, 0.2) is 11.5 Å². The second-order valence-electron chi connectivity index (χ2n) is 10.4. The molecule has 0 aliphatic carbocycles. The maximum atomic E-state index is 6.28. The fourth-order valence-corrected chi connectivity index (χ4v) is 4.74. The van der Waals surface area contributed by atoms with Gasteiger partial charge in [-0.15, -0.1) is 0 Å². The van der Waals surface area contributed by atoms with E-state index in [0.717, 1.165) is 48.7 Å². The molecule has 0 aliphatic rings. The molecule has 0 N–H and O–H groups in total. The van der Waals surface area contributed by atoms with E-state index in [4.69, 9.17) is 9.47 Å². The summed E-state index contributed by atoms with van der Waals surface area (Å²) in [6.45, 7) is 14.0. The molecule has 0 aromatic heterocycles. The summed E-state index contributed by atoms with van der Waals surface area (Å²) in [5, 5.41) is 0. The SMILES string of the molecule is C=Cc1ccc(C=C)c(OCCCCCCCCCCCC)c1OCCCCCCCCCCCC. The number of ether oxygens (including phenoxy) is 2. The quantitative estimate of drug-likeness (QED) is 0.118. The molecule has 1 rings (SSSR count). The highest BCUT2D eigenvalue weighted by Gasteiger charge is 2.14.